The molecule has 1 N–H and O–H groups in total. The minimum absolute atomic E-state index is 0.219. The molecule has 0 bridgehead atoms. The predicted molar refractivity (Wildman–Crippen MR) is 72.9 cm³/mol. The number of anilines is 1. The Morgan fingerprint density at radius 3 is 2.55 bits per heavy atom. The summed E-state index contributed by atoms with van der Waals surface area (Å²) >= 11 is 0. The standard InChI is InChI=1S/C15H18FNO3/c1-2-17(13-9-4-3-8-12(13)16)14(18)10-6-5-7-11(10)15(19)20/h3-4,8-11H,2,5-7H2,1H3,(H,19,20)/t10-,11+/m1/s1. The van der Waals surface area contributed by atoms with Crippen molar-refractivity contribution in [1.82, 2.24) is 0 Å². The third-order valence-corrected chi connectivity index (χ3v) is 3.88. The topological polar surface area (TPSA) is 57.6 Å². The Hall–Kier alpha value is -1.91. The maximum absolute atomic E-state index is 13.8. The molecule has 1 saturated carbocycles. The van der Waals surface area contributed by atoms with Crippen molar-refractivity contribution in [2.45, 2.75) is 26.2 Å². The summed E-state index contributed by atoms with van der Waals surface area (Å²) in [6.45, 7) is 2.08. The predicted octanol–water partition coefficient (Wildman–Crippen LogP) is 2.68. The number of nitrogens with zero attached hydrogens (tertiary/aromatic N) is 1. The highest BCUT2D eigenvalue weighted by atomic mass is 19.1. The highest BCUT2D eigenvalue weighted by Crippen LogP contribution is 2.34. The number of carbonyl (C=O) groups excluding carboxylic acids is 1. The van der Waals surface area contributed by atoms with E-state index in [1.54, 1.807) is 25.1 Å². The van der Waals surface area contributed by atoms with Gasteiger partial charge in [-0.1, -0.05) is 18.6 Å². The van der Waals surface area contributed by atoms with E-state index in [1.165, 1.54) is 11.0 Å². The summed E-state index contributed by atoms with van der Waals surface area (Å²) in [5.41, 5.74) is 0.219. The summed E-state index contributed by atoms with van der Waals surface area (Å²) < 4.78 is 13.8. The maximum atomic E-state index is 13.8. The Labute approximate surface area is 117 Å². The molecule has 0 aliphatic heterocycles. The molecular weight excluding hydrogens is 261 g/mol. The van der Waals surface area contributed by atoms with E-state index in [4.69, 9.17) is 5.11 Å². The first-order valence-electron chi connectivity index (χ1n) is 6.85. The maximum Gasteiger partial charge on any atom is 0.307 e. The number of carboxylic acids is 1. The van der Waals surface area contributed by atoms with Crippen LogP contribution in [0.25, 0.3) is 0 Å². The van der Waals surface area contributed by atoms with Crippen molar-refractivity contribution in [3.63, 3.8) is 0 Å². The Bertz CT molecular complexity index is 518. The molecule has 0 spiro atoms. The number of carboxylic acid groups (broad SMARTS) is 1. The molecule has 20 heavy (non-hydrogen) atoms. The fourth-order valence-corrected chi connectivity index (χ4v) is 2.87. The number of hydrogen-bond acceptors (Lipinski definition) is 2. The van der Waals surface area contributed by atoms with Gasteiger partial charge in [0.1, 0.15) is 5.82 Å². The number of halogens is 1. The molecule has 1 aromatic rings. The molecule has 2 rings (SSSR count). The van der Waals surface area contributed by atoms with Gasteiger partial charge < -0.3 is 10.0 Å². The first-order chi connectivity index (χ1) is 9.56. The Morgan fingerprint density at radius 1 is 1.30 bits per heavy atom. The molecule has 0 radical (unpaired) electrons. The van der Waals surface area contributed by atoms with Crippen LogP contribution in [0.5, 0.6) is 0 Å². The van der Waals surface area contributed by atoms with Gasteiger partial charge in [0.2, 0.25) is 5.91 Å². The SMILES string of the molecule is CCN(C(=O)[C@@H]1CCC[C@@H]1C(=O)O)c1ccccc1F. The van der Waals surface area contributed by atoms with Gasteiger partial charge in [-0.3, -0.25) is 9.59 Å². The first-order valence-corrected chi connectivity index (χ1v) is 6.85. The van der Waals surface area contributed by atoms with E-state index in [1.807, 2.05) is 0 Å². The number of para-hydroxylation sites is 1. The van der Waals surface area contributed by atoms with E-state index in [0.29, 0.717) is 19.4 Å². The second-order valence-electron chi connectivity index (χ2n) is 5.02. The summed E-state index contributed by atoms with van der Waals surface area (Å²) in [5, 5.41) is 9.17. The minimum atomic E-state index is -0.939. The molecule has 0 aromatic heterocycles. The zero-order chi connectivity index (χ0) is 14.7. The lowest BCUT2D eigenvalue weighted by atomic mass is 9.94. The van der Waals surface area contributed by atoms with Crippen molar-refractivity contribution in [3.8, 4) is 0 Å². The Kier molecular flexibility index (Phi) is 4.37. The largest absolute Gasteiger partial charge is 0.481 e. The van der Waals surface area contributed by atoms with Crippen LogP contribution in [0.15, 0.2) is 24.3 Å². The van der Waals surface area contributed by atoms with Crippen LogP contribution in [-0.4, -0.2) is 23.5 Å². The van der Waals surface area contributed by atoms with Gasteiger partial charge in [-0.2, -0.15) is 0 Å². The Morgan fingerprint density at radius 2 is 1.95 bits per heavy atom. The van der Waals surface area contributed by atoms with Crippen molar-refractivity contribution >= 4 is 17.6 Å². The third-order valence-electron chi connectivity index (χ3n) is 3.88. The van der Waals surface area contributed by atoms with E-state index >= 15 is 0 Å². The molecule has 1 aromatic carbocycles. The van der Waals surface area contributed by atoms with Crippen LogP contribution in [0, 0.1) is 17.7 Å². The quantitative estimate of drug-likeness (QED) is 0.921. The van der Waals surface area contributed by atoms with Gasteiger partial charge in [-0.25, -0.2) is 4.39 Å². The summed E-state index contributed by atoms with van der Waals surface area (Å²) in [4.78, 5) is 25.1. The molecule has 1 aliphatic carbocycles. The van der Waals surface area contributed by atoms with E-state index in [0.717, 1.165) is 6.42 Å². The molecule has 0 saturated heterocycles. The highest BCUT2D eigenvalue weighted by molar-refractivity contribution is 5.97. The van der Waals surface area contributed by atoms with Crippen LogP contribution in [0.1, 0.15) is 26.2 Å². The highest BCUT2D eigenvalue weighted by Gasteiger charge is 2.40. The van der Waals surface area contributed by atoms with Crippen molar-refractivity contribution < 1.29 is 19.1 Å². The minimum Gasteiger partial charge on any atom is -0.481 e. The van der Waals surface area contributed by atoms with Gasteiger partial charge >= 0.3 is 5.97 Å². The van der Waals surface area contributed by atoms with Crippen molar-refractivity contribution in [2.75, 3.05) is 11.4 Å². The summed E-state index contributed by atoms with van der Waals surface area (Å²) in [6.07, 6.45) is 1.80. The molecular formula is C15H18FNO3. The van der Waals surface area contributed by atoms with Crippen LogP contribution in [0.2, 0.25) is 0 Å². The molecule has 2 atom stereocenters. The number of hydrogen-bond donors (Lipinski definition) is 1. The molecule has 108 valence electrons. The smallest absolute Gasteiger partial charge is 0.307 e. The molecule has 1 aliphatic rings. The van der Waals surface area contributed by atoms with Crippen molar-refractivity contribution in [1.29, 1.82) is 0 Å². The van der Waals surface area contributed by atoms with Crippen LogP contribution in [-0.2, 0) is 9.59 Å². The van der Waals surface area contributed by atoms with Crippen LogP contribution in [0.4, 0.5) is 10.1 Å². The molecule has 5 heteroatoms. The molecule has 4 nitrogen and oxygen atoms in total. The fourth-order valence-electron chi connectivity index (χ4n) is 2.87. The summed E-state index contributed by atoms with van der Waals surface area (Å²) in [5.74, 6) is -2.89. The van der Waals surface area contributed by atoms with E-state index in [-0.39, 0.29) is 11.6 Å². The van der Waals surface area contributed by atoms with Crippen LogP contribution in [0.3, 0.4) is 0 Å². The summed E-state index contributed by atoms with van der Waals surface area (Å²) in [7, 11) is 0. The normalized spacial score (nSPS) is 21.7. The van der Waals surface area contributed by atoms with Gasteiger partial charge in [-0.05, 0) is 31.9 Å². The van der Waals surface area contributed by atoms with Gasteiger partial charge in [0.25, 0.3) is 0 Å². The lowest BCUT2D eigenvalue weighted by Gasteiger charge is -2.26. The van der Waals surface area contributed by atoms with Crippen LogP contribution < -0.4 is 4.90 Å². The number of rotatable bonds is 4. The number of aliphatic carboxylic acids is 1. The zero-order valence-electron chi connectivity index (χ0n) is 11.4. The molecule has 0 unspecified atom stereocenters. The lowest BCUT2D eigenvalue weighted by Crippen LogP contribution is -2.39. The first kappa shape index (κ1) is 14.5. The van der Waals surface area contributed by atoms with Gasteiger partial charge in [0.05, 0.1) is 17.5 Å². The van der Waals surface area contributed by atoms with Crippen molar-refractivity contribution in [2.24, 2.45) is 11.8 Å². The van der Waals surface area contributed by atoms with E-state index < -0.39 is 23.6 Å². The van der Waals surface area contributed by atoms with E-state index in [2.05, 4.69) is 0 Å². The number of benzene rings is 1. The number of amides is 1. The average molecular weight is 279 g/mol. The average Bonchev–Trinajstić information content (AvgIpc) is 2.91. The summed E-state index contributed by atoms with van der Waals surface area (Å²) in [6, 6.07) is 6.07. The molecule has 0 heterocycles. The Balaban J connectivity index is 2.26. The van der Waals surface area contributed by atoms with Crippen LogP contribution >= 0.6 is 0 Å². The monoisotopic (exact) mass is 279 g/mol. The second kappa shape index (κ2) is 6.03. The zero-order valence-corrected chi connectivity index (χ0v) is 11.4. The molecule has 1 amide bonds. The third kappa shape index (κ3) is 2.66. The van der Waals surface area contributed by atoms with Gasteiger partial charge in [0.15, 0.2) is 0 Å². The van der Waals surface area contributed by atoms with Gasteiger partial charge in [0, 0.05) is 6.54 Å². The van der Waals surface area contributed by atoms with E-state index in [9.17, 15) is 14.0 Å². The fraction of sp³-hybridized carbons (Fsp3) is 0.467. The van der Waals surface area contributed by atoms with Crippen molar-refractivity contribution in [3.05, 3.63) is 30.1 Å². The molecule has 1 fully saturated rings. The van der Waals surface area contributed by atoms with Gasteiger partial charge in [-0.15, -0.1) is 0 Å². The lowest BCUT2D eigenvalue weighted by molar-refractivity contribution is -0.145. The second-order valence-corrected chi connectivity index (χ2v) is 5.02. The number of carbonyl (C=O) groups is 2.